The van der Waals surface area contributed by atoms with Crippen LogP contribution in [0.1, 0.15) is 13.8 Å². The molecule has 70 valence electrons. The Labute approximate surface area is 74.9 Å². The smallest absolute Gasteiger partial charge is 0.272 e. The summed E-state index contributed by atoms with van der Waals surface area (Å²) in [6, 6.07) is 0. The third-order valence-corrected chi connectivity index (χ3v) is 1.56. The molecule has 2 N–H and O–H groups in total. The van der Waals surface area contributed by atoms with Gasteiger partial charge in [0, 0.05) is 0 Å². The average Bonchev–Trinajstić information content (AvgIpc) is 2.56. The van der Waals surface area contributed by atoms with Gasteiger partial charge in [-0.3, -0.25) is 0 Å². The molecule has 0 spiro atoms. The third kappa shape index (κ3) is 1.20. The fourth-order valence-electron chi connectivity index (χ4n) is 1.05. The van der Waals surface area contributed by atoms with E-state index in [2.05, 4.69) is 10.1 Å². The second-order valence-corrected chi connectivity index (χ2v) is 3.01. The summed E-state index contributed by atoms with van der Waals surface area (Å²) in [4.78, 5) is 10.8. The number of nitrogens with zero attached hydrogens (tertiary/aromatic N) is 4. The molecule has 13 heavy (non-hydrogen) atoms. The first-order chi connectivity index (χ1) is 6.18. The van der Waals surface area contributed by atoms with Crippen LogP contribution in [0.5, 0.6) is 0 Å². The standard InChI is InChI=1S/C7H11N5O/c1-5(2)13-12-7-9-3-6(8)11(7)4-10-12/h3-5H,8H2,1-2H3. The zero-order valence-corrected chi connectivity index (χ0v) is 7.51. The van der Waals surface area contributed by atoms with Gasteiger partial charge in [-0.1, -0.05) is 4.85 Å². The SMILES string of the molecule is CC(C)On1ncn2c(N)cnc12. The highest BCUT2D eigenvalue weighted by atomic mass is 16.7. The van der Waals surface area contributed by atoms with Crippen LogP contribution in [0.15, 0.2) is 12.5 Å². The Kier molecular flexibility index (Phi) is 1.61. The van der Waals surface area contributed by atoms with Crippen LogP contribution >= 0.6 is 0 Å². The first-order valence-electron chi connectivity index (χ1n) is 4.02. The molecule has 0 unspecified atom stereocenters. The van der Waals surface area contributed by atoms with E-state index in [-0.39, 0.29) is 6.10 Å². The molecule has 0 aliphatic rings. The second-order valence-electron chi connectivity index (χ2n) is 3.01. The molecule has 0 fully saturated rings. The summed E-state index contributed by atoms with van der Waals surface area (Å²) in [6.07, 6.45) is 3.19. The van der Waals surface area contributed by atoms with Crippen LogP contribution in [0.25, 0.3) is 5.78 Å². The maximum atomic E-state index is 5.61. The quantitative estimate of drug-likeness (QED) is 0.705. The Bertz CT molecular complexity index is 415. The third-order valence-electron chi connectivity index (χ3n) is 1.56. The first-order valence-corrected chi connectivity index (χ1v) is 4.02. The highest BCUT2D eigenvalue weighted by Gasteiger charge is 2.08. The van der Waals surface area contributed by atoms with E-state index < -0.39 is 0 Å². The van der Waals surface area contributed by atoms with E-state index in [9.17, 15) is 0 Å². The van der Waals surface area contributed by atoms with Crippen LogP contribution in [0, 0.1) is 0 Å². The zero-order valence-electron chi connectivity index (χ0n) is 7.51. The Morgan fingerprint density at radius 2 is 2.31 bits per heavy atom. The summed E-state index contributed by atoms with van der Waals surface area (Å²) in [5, 5.41) is 3.97. The predicted molar refractivity (Wildman–Crippen MR) is 47.1 cm³/mol. The molecule has 0 saturated carbocycles. The molecule has 0 radical (unpaired) electrons. The molecule has 0 atom stereocenters. The predicted octanol–water partition coefficient (Wildman–Crippen LogP) is -0.0500. The second kappa shape index (κ2) is 2.65. The van der Waals surface area contributed by atoms with Crippen molar-refractivity contribution in [1.29, 1.82) is 0 Å². The van der Waals surface area contributed by atoms with Gasteiger partial charge in [-0.05, 0) is 13.8 Å². The minimum Gasteiger partial charge on any atom is -0.391 e. The number of hydrogen-bond donors (Lipinski definition) is 1. The van der Waals surface area contributed by atoms with Gasteiger partial charge in [-0.15, -0.1) is 5.10 Å². The van der Waals surface area contributed by atoms with Crippen LogP contribution in [-0.4, -0.2) is 25.4 Å². The molecular formula is C7H11N5O. The fraction of sp³-hybridized carbons (Fsp3) is 0.429. The maximum Gasteiger partial charge on any atom is 0.272 e. The molecule has 0 bridgehead atoms. The number of imidazole rings is 1. The van der Waals surface area contributed by atoms with E-state index in [4.69, 9.17) is 10.6 Å². The number of rotatable bonds is 2. The van der Waals surface area contributed by atoms with Gasteiger partial charge in [-0.25, -0.2) is 9.38 Å². The van der Waals surface area contributed by atoms with E-state index in [1.165, 1.54) is 4.85 Å². The molecule has 0 amide bonds. The zero-order chi connectivity index (χ0) is 9.42. The Morgan fingerprint density at radius 1 is 1.54 bits per heavy atom. The van der Waals surface area contributed by atoms with Crippen molar-refractivity contribution in [3.8, 4) is 0 Å². The van der Waals surface area contributed by atoms with E-state index >= 15 is 0 Å². The molecule has 0 aromatic carbocycles. The molecule has 2 aromatic heterocycles. The lowest BCUT2D eigenvalue weighted by atomic mass is 10.5. The minimum atomic E-state index is 0.0571. The van der Waals surface area contributed by atoms with E-state index in [0.717, 1.165) is 0 Å². The lowest BCUT2D eigenvalue weighted by molar-refractivity contribution is 0.0429. The largest absolute Gasteiger partial charge is 0.391 e. The van der Waals surface area contributed by atoms with E-state index in [0.29, 0.717) is 11.6 Å². The van der Waals surface area contributed by atoms with Gasteiger partial charge in [0.1, 0.15) is 18.2 Å². The van der Waals surface area contributed by atoms with E-state index in [1.54, 1.807) is 16.9 Å². The average molecular weight is 181 g/mol. The molecule has 0 aliphatic heterocycles. The van der Waals surface area contributed by atoms with E-state index in [1.807, 2.05) is 13.8 Å². The van der Waals surface area contributed by atoms with Crippen LogP contribution in [0.3, 0.4) is 0 Å². The van der Waals surface area contributed by atoms with Crippen LogP contribution in [0.2, 0.25) is 0 Å². The lowest BCUT2D eigenvalue weighted by Crippen LogP contribution is -2.20. The summed E-state index contributed by atoms with van der Waals surface area (Å²) < 4.78 is 1.66. The van der Waals surface area contributed by atoms with Gasteiger partial charge < -0.3 is 10.6 Å². The van der Waals surface area contributed by atoms with Crippen molar-refractivity contribution in [2.24, 2.45) is 0 Å². The topological polar surface area (TPSA) is 70.4 Å². The van der Waals surface area contributed by atoms with Gasteiger partial charge in [-0.2, -0.15) is 0 Å². The molecular weight excluding hydrogens is 170 g/mol. The molecule has 6 heteroatoms. The summed E-state index contributed by atoms with van der Waals surface area (Å²) in [5.74, 6) is 1.14. The molecule has 0 aliphatic carbocycles. The fourth-order valence-corrected chi connectivity index (χ4v) is 1.05. The summed E-state index contributed by atoms with van der Waals surface area (Å²) in [5.41, 5.74) is 5.61. The number of hydrogen-bond acceptors (Lipinski definition) is 4. The minimum absolute atomic E-state index is 0.0571. The number of nitrogens with two attached hydrogens (primary N) is 1. The number of anilines is 1. The first kappa shape index (κ1) is 7.90. The highest BCUT2D eigenvalue weighted by Crippen LogP contribution is 2.05. The molecule has 2 aromatic rings. The van der Waals surface area contributed by atoms with Crippen LogP contribution in [-0.2, 0) is 0 Å². The Hall–Kier alpha value is -1.72. The molecule has 0 saturated heterocycles. The van der Waals surface area contributed by atoms with Crippen molar-refractivity contribution in [3.63, 3.8) is 0 Å². The summed E-state index contributed by atoms with van der Waals surface area (Å²) in [6.45, 7) is 3.84. The molecule has 2 rings (SSSR count). The van der Waals surface area contributed by atoms with Crippen molar-refractivity contribution < 1.29 is 4.84 Å². The van der Waals surface area contributed by atoms with Crippen molar-refractivity contribution in [3.05, 3.63) is 12.5 Å². The normalized spacial score (nSPS) is 11.3. The summed E-state index contributed by atoms with van der Waals surface area (Å²) in [7, 11) is 0. The van der Waals surface area contributed by atoms with Gasteiger partial charge in [0.15, 0.2) is 0 Å². The van der Waals surface area contributed by atoms with Gasteiger partial charge >= 0.3 is 0 Å². The van der Waals surface area contributed by atoms with Crippen LogP contribution in [0.4, 0.5) is 5.82 Å². The number of nitrogen functional groups attached to an aromatic ring is 1. The number of aromatic nitrogens is 4. The Balaban J connectivity index is 2.46. The van der Waals surface area contributed by atoms with Crippen molar-refractivity contribution in [2.45, 2.75) is 20.0 Å². The molecule has 6 nitrogen and oxygen atoms in total. The lowest BCUT2D eigenvalue weighted by Gasteiger charge is -2.06. The maximum absolute atomic E-state index is 5.61. The van der Waals surface area contributed by atoms with Gasteiger partial charge in [0.25, 0.3) is 5.78 Å². The molecule has 2 heterocycles. The van der Waals surface area contributed by atoms with Crippen molar-refractivity contribution in [1.82, 2.24) is 19.3 Å². The van der Waals surface area contributed by atoms with Crippen molar-refractivity contribution in [2.75, 3.05) is 5.73 Å². The highest BCUT2D eigenvalue weighted by molar-refractivity contribution is 5.41. The van der Waals surface area contributed by atoms with Gasteiger partial charge in [0.2, 0.25) is 0 Å². The van der Waals surface area contributed by atoms with Gasteiger partial charge in [0.05, 0.1) is 6.20 Å². The monoisotopic (exact) mass is 181 g/mol. The van der Waals surface area contributed by atoms with Crippen molar-refractivity contribution >= 4 is 11.6 Å². The number of fused-ring (bicyclic) bond motifs is 1. The summed E-state index contributed by atoms with van der Waals surface area (Å²) >= 11 is 0. The van der Waals surface area contributed by atoms with Crippen LogP contribution < -0.4 is 10.6 Å². The Morgan fingerprint density at radius 3 is 3.00 bits per heavy atom.